The second-order valence-electron chi connectivity index (χ2n) is 7.75. The van der Waals surface area contributed by atoms with Crippen LogP contribution in [0.3, 0.4) is 0 Å². The largest absolute Gasteiger partial charge is 0.417 e. The zero-order chi connectivity index (χ0) is 22.8. The molecule has 2 aliphatic heterocycles. The molecule has 6 atom stereocenters. The van der Waals surface area contributed by atoms with Crippen molar-refractivity contribution in [2.45, 2.75) is 61.5 Å². The third-order valence-electron chi connectivity index (χ3n) is 5.14. The SMILES string of the molecule is CN(C)C1=NC2C(OC(C(OCc3ccc(CCCF)cc3)C(F)(F)F)C(O)C2O)S1. The summed E-state index contributed by atoms with van der Waals surface area (Å²) in [5.74, 6) is 0. The Morgan fingerprint density at radius 2 is 1.81 bits per heavy atom. The van der Waals surface area contributed by atoms with E-state index in [0.29, 0.717) is 23.6 Å². The average molecular weight is 466 g/mol. The standard InChI is InChI=1S/C20H26F4N2O4S/c1-26(2)19-25-13-14(27)15(28)16(30-18(13)31-19)17(20(22,23)24)29-10-12-7-5-11(6-8-12)4-3-9-21/h5-8,13-18,27-28H,3-4,9-10H2,1-2H3. The summed E-state index contributed by atoms with van der Waals surface area (Å²) in [5, 5.41) is 21.3. The molecule has 31 heavy (non-hydrogen) atoms. The summed E-state index contributed by atoms with van der Waals surface area (Å²) in [4.78, 5) is 5.91. The van der Waals surface area contributed by atoms with Gasteiger partial charge in [-0.25, -0.2) is 0 Å². The van der Waals surface area contributed by atoms with Crippen LogP contribution in [0.5, 0.6) is 0 Å². The van der Waals surface area contributed by atoms with Crippen molar-refractivity contribution in [3.05, 3.63) is 35.4 Å². The van der Waals surface area contributed by atoms with Gasteiger partial charge in [0, 0.05) is 14.1 Å². The molecule has 11 heteroatoms. The van der Waals surface area contributed by atoms with E-state index in [0.717, 1.165) is 17.3 Å². The number of ether oxygens (including phenoxy) is 2. The number of rotatable bonds is 7. The Morgan fingerprint density at radius 1 is 1.16 bits per heavy atom. The highest BCUT2D eigenvalue weighted by atomic mass is 32.2. The maximum atomic E-state index is 13.8. The molecule has 6 unspecified atom stereocenters. The first kappa shape index (κ1) is 24.2. The number of hydrogen-bond donors (Lipinski definition) is 2. The molecule has 0 spiro atoms. The average Bonchev–Trinajstić information content (AvgIpc) is 3.15. The molecule has 2 N–H and O–H groups in total. The monoisotopic (exact) mass is 466 g/mol. The Bertz CT molecular complexity index is 763. The number of amidine groups is 1. The molecule has 1 aromatic carbocycles. The summed E-state index contributed by atoms with van der Waals surface area (Å²) in [6.45, 7) is -0.800. The molecule has 2 aliphatic rings. The molecule has 0 aromatic heterocycles. The van der Waals surface area contributed by atoms with Gasteiger partial charge in [0.05, 0.1) is 13.3 Å². The topological polar surface area (TPSA) is 74.5 Å². The second-order valence-corrected chi connectivity index (χ2v) is 8.81. The van der Waals surface area contributed by atoms with E-state index in [9.17, 15) is 27.8 Å². The van der Waals surface area contributed by atoms with E-state index < -0.39 is 48.7 Å². The number of nitrogens with zero attached hydrogens (tertiary/aromatic N) is 2. The van der Waals surface area contributed by atoms with Crippen LogP contribution in [0.4, 0.5) is 17.6 Å². The van der Waals surface area contributed by atoms with Gasteiger partial charge >= 0.3 is 6.18 Å². The zero-order valence-corrected chi connectivity index (χ0v) is 17.9. The van der Waals surface area contributed by atoms with Crippen molar-refractivity contribution < 1.29 is 37.2 Å². The highest BCUT2D eigenvalue weighted by Crippen LogP contribution is 2.41. The number of hydrogen-bond acceptors (Lipinski definition) is 7. The quantitative estimate of drug-likeness (QED) is 0.602. The number of halogens is 4. The maximum Gasteiger partial charge on any atom is 0.417 e. The van der Waals surface area contributed by atoms with Crippen LogP contribution < -0.4 is 0 Å². The Labute approximate surface area is 182 Å². The maximum absolute atomic E-state index is 13.8. The summed E-state index contributed by atoms with van der Waals surface area (Å²) >= 11 is 1.10. The Kier molecular flexibility index (Phi) is 7.85. The van der Waals surface area contributed by atoms with Gasteiger partial charge in [0.2, 0.25) is 0 Å². The van der Waals surface area contributed by atoms with Crippen molar-refractivity contribution in [1.82, 2.24) is 4.90 Å². The second kappa shape index (κ2) is 10.0. The van der Waals surface area contributed by atoms with Crippen LogP contribution in [0.1, 0.15) is 17.5 Å². The Balaban J connectivity index is 1.70. The zero-order valence-electron chi connectivity index (χ0n) is 17.1. The summed E-state index contributed by atoms with van der Waals surface area (Å²) in [6, 6.07) is 5.81. The molecule has 1 saturated heterocycles. The lowest BCUT2D eigenvalue weighted by atomic mass is 9.94. The molecule has 3 rings (SSSR count). The number of fused-ring (bicyclic) bond motifs is 1. The third-order valence-corrected chi connectivity index (χ3v) is 6.45. The van der Waals surface area contributed by atoms with Crippen molar-refractivity contribution >= 4 is 16.9 Å². The predicted octanol–water partition coefficient (Wildman–Crippen LogP) is 2.52. The number of aryl methyl sites for hydroxylation is 1. The summed E-state index contributed by atoms with van der Waals surface area (Å²) in [7, 11) is 3.43. The highest BCUT2D eigenvalue weighted by molar-refractivity contribution is 8.14. The van der Waals surface area contributed by atoms with Gasteiger partial charge < -0.3 is 24.6 Å². The third kappa shape index (κ3) is 5.70. The fraction of sp³-hybridized carbons (Fsp3) is 0.650. The lowest BCUT2D eigenvalue weighted by Gasteiger charge is -2.41. The molecule has 2 heterocycles. The molecule has 1 fully saturated rings. The number of aliphatic hydroxyl groups is 2. The fourth-order valence-corrected chi connectivity index (χ4v) is 4.62. The lowest BCUT2D eigenvalue weighted by Crippen LogP contribution is -2.61. The van der Waals surface area contributed by atoms with Crippen molar-refractivity contribution in [1.29, 1.82) is 0 Å². The van der Waals surface area contributed by atoms with Crippen molar-refractivity contribution in [3.8, 4) is 0 Å². The van der Waals surface area contributed by atoms with Crippen molar-refractivity contribution in [3.63, 3.8) is 0 Å². The highest BCUT2D eigenvalue weighted by Gasteiger charge is 2.57. The van der Waals surface area contributed by atoms with Crippen LogP contribution in [0.2, 0.25) is 0 Å². The summed E-state index contributed by atoms with van der Waals surface area (Å²) < 4.78 is 64.3. The van der Waals surface area contributed by atoms with Gasteiger partial charge in [-0.2, -0.15) is 13.2 Å². The van der Waals surface area contributed by atoms with E-state index in [1.165, 1.54) is 0 Å². The minimum Gasteiger partial charge on any atom is -0.388 e. The molecule has 1 aromatic rings. The van der Waals surface area contributed by atoms with Crippen molar-refractivity contribution in [2.75, 3.05) is 20.8 Å². The summed E-state index contributed by atoms with van der Waals surface area (Å²) in [5.41, 5.74) is 0.517. The van der Waals surface area contributed by atoms with Gasteiger partial charge in [0.25, 0.3) is 0 Å². The first-order chi connectivity index (χ1) is 14.6. The van der Waals surface area contributed by atoms with Crippen LogP contribution in [-0.4, -0.2) is 83.1 Å². The molecule has 0 radical (unpaired) electrons. The van der Waals surface area contributed by atoms with Gasteiger partial charge in [-0.15, -0.1) is 0 Å². The first-order valence-corrected chi connectivity index (χ1v) is 10.7. The van der Waals surface area contributed by atoms with Crippen LogP contribution in [0, 0.1) is 0 Å². The van der Waals surface area contributed by atoms with Crippen LogP contribution >= 0.6 is 11.8 Å². The molecular weight excluding hydrogens is 440 g/mol. The number of aliphatic imine (C=N–C) groups is 1. The van der Waals surface area contributed by atoms with Gasteiger partial charge in [-0.05, 0) is 24.0 Å². The molecule has 174 valence electrons. The van der Waals surface area contributed by atoms with Gasteiger partial charge in [-0.3, -0.25) is 9.38 Å². The number of aliphatic hydroxyl groups excluding tert-OH is 2. The lowest BCUT2D eigenvalue weighted by molar-refractivity contribution is -0.286. The number of alkyl halides is 4. The number of thioether (sulfide) groups is 1. The van der Waals surface area contributed by atoms with E-state index >= 15 is 0 Å². The molecule has 0 saturated carbocycles. The molecule has 0 bridgehead atoms. The smallest absolute Gasteiger partial charge is 0.388 e. The Hall–Kier alpha value is -1.40. The fourth-order valence-electron chi connectivity index (χ4n) is 3.48. The van der Waals surface area contributed by atoms with Gasteiger partial charge in [0.1, 0.15) is 29.8 Å². The van der Waals surface area contributed by atoms with E-state index in [1.54, 1.807) is 43.3 Å². The Morgan fingerprint density at radius 3 is 2.39 bits per heavy atom. The first-order valence-electron chi connectivity index (χ1n) is 9.87. The normalized spacial score (nSPS) is 29.4. The van der Waals surface area contributed by atoms with E-state index in [1.807, 2.05) is 0 Å². The van der Waals surface area contributed by atoms with Gasteiger partial charge in [0.15, 0.2) is 11.3 Å². The number of benzene rings is 1. The summed E-state index contributed by atoms with van der Waals surface area (Å²) in [6.07, 6.45) is -11.5. The molecular formula is C20H26F4N2O4S. The van der Waals surface area contributed by atoms with E-state index in [4.69, 9.17) is 9.47 Å². The molecule has 0 amide bonds. The van der Waals surface area contributed by atoms with E-state index in [2.05, 4.69) is 4.99 Å². The van der Waals surface area contributed by atoms with Crippen LogP contribution in [0.15, 0.2) is 29.3 Å². The minimum absolute atomic E-state index is 0.364. The van der Waals surface area contributed by atoms with Crippen LogP contribution in [0.25, 0.3) is 0 Å². The van der Waals surface area contributed by atoms with E-state index in [-0.39, 0.29) is 6.61 Å². The van der Waals surface area contributed by atoms with Crippen molar-refractivity contribution in [2.24, 2.45) is 4.99 Å². The molecule has 0 aliphatic carbocycles. The predicted molar refractivity (Wildman–Crippen MR) is 109 cm³/mol. The van der Waals surface area contributed by atoms with Crippen LogP contribution in [-0.2, 0) is 22.5 Å². The minimum atomic E-state index is -4.83. The molecule has 6 nitrogen and oxygen atoms in total. The van der Waals surface area contributed by atoms with Gasteiger partial charge in [-0.1, -0.05) is 36.0 Å².